The molecule has 2 fully saturated rings. The molecule has 2 aromatic rings. The largest absolute Gasteiger partial charge is 0.486 e. The van der Waals surface area contributed by atoms with Crippen LogP contribution in [0.1, 0.15) is 73.3 Å². The van der Waals surface area contributed by atoms with Crippen molar-refractivity contribution < 1.29 is 14.6 Å². The molecule has 3 aliphatic rings. The molecule has 2 saturated carbocycles. The molecule has 2 bridgehead atoms. The fourth-order valence-corrected chi connectivity index (χ4v) is 7.14. The van der Waals surface area contributed by atoms with E-state index in [1.54, 1.807) is 11.4 Å². The molecule has 4 atom stereocenters. The lowest BCUT2D eigenvalue weighted by atomic mass is 9.56. The summed E-state index contributed by atoms with van der Waals surface area (Å²) in [5.41, 5.74) is 4.25. The van der Waals surface area contributed by atoms with Crippen molar-refractivity contribution in [3.8, 4) is 5.75 Å². The molecule has 5 rings (SSSR count). The lowest BCUT2D eigenvalue weighted by Crippen LogP contribution is -2.54. The zero-order valence-electron chi connectivity index (χ0n) is 16.8. The average molecular weight is 395 g/mol. The van der Waals surface area contributed by atoms with Crippen LogP contribution in [0.2, 0.25) is 0 Å². The van der Waals surface area contributed by atoms with E-state index >= 15 is 0 Å². The highest BCUT2D eigenvalue weighted by Gasteiger charge is 2.73. The molecular formula is C24H26O3S. The molecular weight excluding hydrogens is 368 g/mol. The van der Waals surface area contributed by atoms with Gasteiger partial charge in [0.2, 0.25) is 0 Å². The van der Waals surface area contributed by atoms with Crippen LogP contribution in [0.25, 0.3) is 11.6 Å². The average Bonchev–Trinajstić information content (AvgIpc) is 3.35. The number of fused-ring (bicyclic) bond motifs is 7. The second-order valence-corrected chi connectivity index (χ2v) is 10.4. The minimum Gasteiger partial charge on any atom is -0.486 e. The normalized spacial score (nSPS) is 35.6. The number of hydrogen-bond acceptors (Lipinski definition) is 3. The second-order valence-electron chi connectivity index (χ2n) is 9.42. The fraction of sp³-hybridized carbons (Fsp3) is 0.458. The van der Waals surface area contributed by atoms with Crippen LogP contribution >= 0.6 is 11.3 Å². The summed E-state index contributed by atoms with van der Waals surface area (Å²) in [6, 6.07) is 8.33. The summed E-state index contributed by atoms with van der Waals surface area (Å²) in [5.74, 6) is 0.805. The minimum absolute atomic E-state index is 0.0357. The van der Waals surface area contributed by atoms with Crippen molar-refractivity contribution in [2.45, 2.75) is 58.0 Å². The van der Waals surface area contributed by atoms with Crippen LogP contribution in [0.5, 0.6) is 5.75 Å². The van der Waals surface area contributed by atoms with Gasteiger partial charge in [0.05, 0.1) is 5.56 Å². The number of aromatic carboxylic acids is 1. The van der Waals surface area contributed by atoms with E-state index in [4.69, 9.17) is 9.84 Å². The number of ether oxygens (including phenoxy) is 1. The van der Waals surface area contributed by atoms with Gasteiger partial charge in [0.1, 0.15) is 11.4 Å². The molecule has 4 heteroatoms. The lowest BCUT2D eigenvalue weighted by molar-refractivity contribution is -0.0260. The molecule has 1 aromatic carbocycles. The van der Waals surface area contributed by atoms with Gasteiger partial charge >= 0.3 is 5.97 Å². The first-order valence-electron chi connectivity index (χ1n) is 10.0. The van der Waals surface area contributed by atoms with Gasteiger partial charge in [0, 0.05) is 21.2 Å². The first-order valence-corrected chi connectivity index (χ1v) is 10.9. The summed E-state index contributed by atoms with van der Waals surface area (Å²) >= 11 is 1.47. The van der Waals surface area contributed by atoms with Crippen LogP contribution in [0.3, 0.4) is 0 Å². The van der Waals surface area contributed by atoms with Gasteiger partial charge in [-0.1, -0.05) is 19.9 Å². The van der Waals surface area contributed by atoms with E-state index in [1.807, 2.05) is 0 Å². The third-order valence-electron chi connectivity index (χ3n) is 8.24. The van der Waals surface area contributed by atoms with E-state index < -0.39 is 5.97 Å². The summed E-state index contributed by atoms with van der Waals surface area (Å²) in [6.07, 6.45) is 5.88. The minimum atomic E-state index is -0.875. The van der Waals surface area contributed by atoms with Crippen molar-refractivity contribution in [3.63, 3.8) is 0 Å². The van der Waals surface area contributed by atoms with E-state index in [9.17, 15) is 4.79 Å². The molecule has 146 valence electrons. The van der Waals surface area contributed by atoms with Crippen molar-refractivity contribution in [3.05, 3.63) is 51.2 Å². The number of hydrogen-bond donors (Lipinski definition) is 1. The number of carbonyl (C=O) groups is 1. The zero-order chi connectivity index (χ0) is 19.9. The molecule has 0 amide bonds. The number of allylic oxidation sites excluding steroid dienone is 1. The first kappa shape index (κ1) is 18.0. The van der Waals surface area contributed by atoms with Crippen molar-refractivity contribution >= 4 is 29.0 Å². The Balaban J connectivity index is 1.56. The Morgan fingerprint density at radius 1 is 1.25 bits per heavy atom. The number of carboxylic acids is 1. The molecule has 0 saturated heterocycles. The topological polar surface area (TPSA) is 46.5 Å². The van der Waals surface area contributed by atoms with Crippen LogP contribution in [0.15, 0.2) is 29.6 Å². The third-order valence-corrected chi connectivity index (χ3v) is 9.12. The van der Waals surface area contributed by atoms with Gasteiger partial charge in [-0.25, -0.2) is 4.79 Å². The van der Waals surface area contributed by atoms with Crippen LogP contribution < -0.4 is 4.74 Å². The molecule has 2 aliphatic carbocycles. The Morgan fingerprint density at radius 3 is 2.75 bits per heavy atom. The maximum Gasteiger partial charge on any atom is 0.336 e. The quantitative estimate of drug-likeness (QED) is 0.671. The van der Waals surface area contributed by atoms with Gasteiger partial charge in [-0.15, -0.1) is 11.3 Å². The van der Waals surface area contributed by atoms with Gasteiger partial charge in [0.25, 0.3) is 0 Å². The Bertz CT molecular complexity index is 1030. The second kappa shape index (κ2) is 5.50. The summed E-state index contributed by atoms with van der Waals surface area (Å²) in [5, 5.41) is 10.8. The van der Waals surface area contributed by atoms with E-state index in [-0.39, 0.29) is 16.4 Å². The predicted octanol–water partition coefficient (Wildman–Crippen LogP) is 6.24. The zero-order valence-corrected chi connectivity index (χ0v) is 17.7. The first-order chi connectivity index (χ1) is 13.2. The number of thiophene rings is 1. The van der Waals surface area contributed by atoms with Gasteiger partial charge in [-0.3, -0.25) is 0 Å². The maximum atomic E-state index is 11.1. The van der Waals surface area contributed by atoms with Crippen LogP contribution in [-0.2, 0) is 5.41 Å². The van der Waals surface area contributed by atoms with Crippen LogP contribution in [0.4, 0.5) is 0 Å². The monoisotopic (exact) mass is 394 g/mol. The summed E-state index contributed by atoms with van der Waals surface area (Å²) in [6.45, 7) is 9.29. The molecule has 2 heterocycles. The van der Waals surface area contributed by atoms with Crippen LogP contribution in [0, 0.1) is 11.3 Å². The van der Waals surface area contributed by atoms with E-state index in [0.29, 0.717) is 11.5 Å². The number of carboxylic acid groups (broad SMARTS) is 1. The smallest absolute Gasteiger partial charge is 0.336 e. The molecule has 0 spiro atoms. The van der Waals surface area contributed by atoms with Gasteiger partial charge in [0.15, 0.2) is 0 Å². The SMILES string of the molecule is C/C(=C/c1cc(C(=O)O)cs1)c1ccc2c(c1)C1(C)C3(C)CCC(C3)C1(C)O2. The Labute approximate surface area is 170 Å². The summed E-state index contributed by atoms with van der Waals surface area (Å²) < 4.78 is 6.62. The summed E-state index contributed by atoms with van der Waals surface area (Å²) in [4.78, 5) is 12.1. The Hall–Kier alpha value is -2.07. The van der Waals surface area contributed by atoms with Crippen molar-refractivity contribution in [2.75, 3.05) is 0 Å². The van der Waals surface area contributed by atoms with Crippen molar-refractivity contribution in [1.29, 1.82) is 0 Å². The fourth-order valence-electron chi connectivity index (χ4n) is 6.27. The summed E-state index contributed by atoms with van der Waals surface area (Å²) in [7, 11) is 0. The molecule has 0 radical (unpaired) electrons. The highest BCUT2D eigenvalue weighted by molar-refractivity contribution is 7.11. The van der Waals surface area contributed by atoms with Crippen molar-refractivity contribution in [2.24, 2.45) is 11.3 Å². The Morgan fingerprint density at radius 2 is 2.04 bits per heavy atom. The predicted molar refractivity (Wildman–Crippen MR) is 113 cm³/mol. The van der Waals surface area contributed by atoms with E-state index in [0.717, 1.165) is 16.2 Å². The Kier molecular flexibility index (Phi) is 3.54. The van der Waals surface area contributed by atoms with Crippen molar-refractivity contribution in [1.82, 2.24) is 0 Å². The lowest BCUT2D eigenvalue weighted by Gasteiger charge is -2.48. The molecule has 1 aromatic heterocycles. The molecule has 28 heavy (non-hydrogen) atoms. The van der Waals surface area contributed by atoms with E-state index in [1.165, 1.54) is 41.7 Å². The molecule has 1 aliphatic heterocycles. The maximum absolute atomic E-state index is 11.1. The van der Waals surface area contributed by atoms with Gasteiger partial charge in [-0.05, 0) is 79.9 Å². The van der Waals surface area contributed by atoms with E-state index in [2.05, 4.69) is 52.0 Å². The molecule has 1 N–H and O–H groups in total. The van der Waals surface area contributed by atoms with Gasteiger partial charge in [-0.2, -0.15) is 0 Å². The highest BCUT2D eigenvalue weighted by atomic mass is 32.1. The number of rotatable bonds is 3. The standard InChI is InChI=1S/C24H26O3S/c1-14(9-18-10-16(13-28-18)21(25)26)15-5-6-20-19(11-15)23(3)22(2)8-7-17(12-22)24(23,4)27-20/h5-6,9-11,13,17H,7-8,12H2,1-4H3,(H,25,26)/b14-9-. The highest BCUT2D eigenvalue weighted by Crippen LogP contribution is 2.73. The molecule has 3 nitrogen and oxygen atoms in total. The molecule has 4 unspecified atom stereocenters. The van der Waals surface area contributed by atoms with Crippen LogP contribution in [-0.4, -0.2) is 16.7 Å². The third kappa shape index (κ3) is 2.07. The number of benzene rings is 1. The van der Waals surface area contributed by atoms with Gasteiger partial charge < -0.3 is 9.84 Å².